The van der Waals surface area contributed by atoms with E-state index in [-0.39, 0.29) is 24.2 Å². The Hall–Kier alpha value is -2.82. The van der Waals surface area contributed by atoms with Crippen molar-refractivity contribution >= 4 is 23.2 Å². The van der Waals surface area contributed by atoms with Crippen molar-refractivity contribution < 1.29 is 14.3 Å². The molecule has 1 unspecified atom stereocenters. The van der Waals surface area contributed by atoms with Crippen LogP contribution >= 0.6 is 0 Å². The van der Waals surface area contributed by atoms with E-state index in [2.05, 4.69) is 19.2 Å². The third-order valence-corrected chi connectivity index (χ3v) is 4.81. The van der Waals surface area contributed by atoms with E-state index in [1.54, 1.807) is 4.90 Å². The van der Waals surface area contributed by atoms with Crippen LogP contribution in [-0.4, -0.2) is 25.0 Å². The summed E-state index contributed by atoms with van der Waals surface area (Å²) < 4.78 is 5.55. The van der Waals surface area contributed by atoms with Crippen molar-refractivity contribution in [2.45, 2.75) is 33.1 Å². The van der Waals surface area contributed by atoms with Crippen molar-refractivity contribution in [2.24, 2.45) is 5.92 Å². The fraction of sp³-hybridized carbons (Fsp3) is 0.364. The van der Waals surface area contributed by atoms with Gasteiger partial charge in [0.1, 0.15) is 5.75 Å². The van der Waals surface area contributed by atoms with E-state index in [9.17, 15) is 9.59 Å². The molecule has 1 aliphatic heterocycles. The van der Waals surface area contributed by atoms with Gasteiger partial charge in [-0.2, -0.15) is 0 Å². The topological polar surface area (TPSA) is 58.6 Å². The maximum atomic E-state index is 12.7. The molecule has 0 aliphatic carbocycles. The third-order valence-electron chi connectivity index (χ3n) is 4.81. The lowest BCUT2D eigenvalue weighted by molar-refractivity contribution is -0.122. The highest BCUT2D eigenvalue weighted by Crippen LogP contribution is 2.29. The maximum Gasteiger partial charge on any atom is 0.229 e. The van der Waals surface area contributed by atoms with E-state index in [0.717, 1.165) is 5.69 Å². The van der Waals surface area contributed by atoms with Crippen LogP contribution in [0.3, 0.4) is 0 Å². The molecule has 142 valence electrons. The molecule has 1 atom stereocenters. The molecule has 0 bridgehead atoms. The number of para-hydroxylation sites is 2. The number of carbonyl (C=O) groups is 2. The molecule has 0 spiro atoms. The second kappa shape index (κ2) is 8.25. The second-order valence-electron chi connectivity index (χ2n) is 7.07. The lowest BCUT2D eigenvalue weighted by Crippen LogP contribution is -2.28. The average molecular weight is 366 g/mol. The largest absolute Gasteiger partial charge is 0.492 e. The van der Waals surface area contributed by atoms with Crippen molar-refractivity contribution in [1.29, 1.82) is 0 Å². The number of hydrogen-bond donors (Lipinski definition) is 1. The van der Waals surface area contributed by atoms with Gasteiger partial charge in [-0.05, 0) is 42.7 Å². The molecule has 1 saturated heterocycles. The molecule has 27 heavy (non-hydrogen) atoms. The Morgan fingerprint density at radius 2 is 1.89 bits per heavy atom. The summed E-state index contributed by atoms with van der Waals surface area (Å²) in [6.45, 7) is 7.08. The number of carbonyl (C=O) groups excluding carboxylic acids is 2. The van der Waals surface area contributed by atoms with Crippen LogP contribution in [0.5, 0.6) is 5.75 Å². The molecule has 3 rings (SSSR count). The molecular weight excluding hydrogens is 340 g/mol. The first-order chi connectivity index (χ1) is 13.0. The second-order valence-corrected chi connectivity index (χ2v) is 7.07. The van der Waals surface area contributed by atoms with Crippen LogP contribution in [0.4, 0.5) is 11.4 Å². The van der Waals surface area contributed by atoms with Crippen molar-refractivity contribution in [2.75, 3.05) is 23.4 Å². The summed E-state index contributed by atoms with van der Waals surface area (Å²) in [6, 6.07) is 15.3. The van der Waals surface area contributed by atoms with Crippen LogP contribution in [0, 0.1) is 5.92 Å². The van der Waals surface area contributed by atoms with Crippen LogP contribution in [0.1, 0.15) is 38.7 Å². The third kappa shape index (κ3) is 4.30. The highest BCUT2D eigenvalue weighted by molar-refractivity contribution is 6.03. The molecule has 1 N–H and O–H groups in total. The summed E-state index contributed by atoms with van der Waals surface area (Å²) >= 11 is 0. The average Bonchev–Trinajstić information content (AvgIpc) is 3.05. The standard InChI is InChI=1S/C22H26N2O3/c1-4-27-20-8-6-5-7-19(20)23-22(26)17-13-21(25)24(14-17)18-11-9-16(10-12-18)15(2)3/h5-12,15,17H,4,13-14H2,1-3H3,(H,23,26). The van der Waals surface area contributed by atoms with Gasteiger partial charge in [0, 0.05) is 18.7 Å². The van der Waals surface area contributed by atoms with Gasteiger partial charge in [-0.3, -0.25) is 9.59 Å². The minimum atomic E-state index is -0.378. The zero-order chi connectivity index (χ0) is 19.4. The van der Waals surface area contributed by atoms with Crippen molar-refractivity contribution in [3.8, 4) is 5.75 Å². The highest BCUT2D eigenvalue weighted by Gasteiger charge is 2.35. The van der Waals surface area contributed by atoms with Crippen molar-refractivity contribution in [1.82, 2.24) is 0 Å². The lowest BCUT2D eigenvalue weighted by atomic mass is 10.0. The van der Waals surface area contributed by atoms with Crippen LogP contribution in [0.25, 0.3) is 0 Å². The molecule has 0 saturated carbocycles. The maximum absolute atomic E-state index is 12.7. The Balaban J connectivity index is 1.69. The Kier molecular flexibility index (Phi) is 5.79. The number of anilines is 2. The molecular formula is C22H26N2O3. The van der Waals surface area contributed by atoms with Gasteiger partial charge in [-0.25, -0.2) is 0 Å². The molecule has 5 heteroatoms. The Labute approximate surface area is 160 Å². The molecule has 0 radical (unpaired) electrons. The minimum absolute atomic E-state index is 0.0226. The fourth-order valence-electron chi connectivity index (χ4n) is 3.26. The predicted octanol–water partition coefficient (Wildman–Crippen LogP) is 4.20. The van der Waals surface area contributed by atoms with E-state index in [0.29, 0.717) is 30.5 Å². The number of nitrogens with zero attached hydrogens (tertiary/aromatic N) is 1. The van der Waals surface area contributed by atoms with Gasteiger partial charge in [0.15, 0.2) is 0 Å². The monoisotopic (exact) mass is 366 g/mol. The zero-order valence-electron chi connectivity index (χ0n) is 16.1. The SMILES string of the molecule is CCOc1ccccc1NC(=O)C1CC(=O)N(c2ccc(C(C)C)cc2)C1. The van der Waals surface area contributed by atoms with Gasteiger partial charge in [-0.15, -0.1) is 0 Å². The van der Waals surface area contributed by atoms with E-state index in [4.69, 9.17) is 4.74 Å². The number of amides is 2. The molecule has 1 heterocycles. The first-order valence-corrected chi connectivity index (χ1v) is 9.42. The first-order valence-electron chi connectivity index (χ1n) is 9.42. The van der Waals surface area contributed by atoms with Gasteiger partial charge >= 0.3 is 0 Å². The summed E-state index contributed by atoms with van der Waals surface area (Å²) in [5, 5.41) is 2.91. The van der Waals surface area contributed by atoms with E-state index in [1.165, 1.54) is 5.56 Å². The van der Waals surface area contributed by atoms with Crippen molar-refractivity contribution in [3.05, 3.63) is 54.1 Å². The van der Waals surface area contributed by atoms with Gasteiger partial charge in [0.25, 0.3) is 0 Å². The normalized spacial score (nSPS) is 16.7. The molecule has 0 aromatic heterocycles. The van der Waals surface area contributed by atoms with Gasteiger partial charge < -0.3 is 15.0 Å². The molecule has 1 aliphatic rings. The number of benzene rings is 2. The van der Waals surface area contributed by atoms with Crippen LogP contribution in [0.15, 0.2) is 48.5 Å². The van der Waals surface area contributed by atoms with Crippen LogP contribution < -0.4 is 15.0 Å². The molecule has 2 amide bonds. The predicted molar refractivity (Wildman–Crippen MR) is 107 cm³/mol. The first kappa shape index (κ1) is 19.0. The summed E-state index contributed by atoms with van der Waals surface area (Å²) in [5.41, 5.74) is 2.71. The van der Waals surface area contributed by atoms with E-state index < -0.39 is 0 Å². The molecule has 5 nitrogen and oxygen atoms in total. The Morgan fingerprint density at radius 1 is 1.19 bits per heavy atom. The van der Waals surface area contributed by atoms with E-state index in [1.807, 2.05) is 55.5 Å². The molecule has 1 fully saturated rings. The lowest BCUT2D eigenvalue weighted by Gasteiger charge is -2.18. The minimum Gasteiger partial charge on any atom is -0.492 e. The highest BCUT2D eigenvalue weighted by atomic mass is 16.5. The Bertz CT molecular complexity index is 815. The van der Waals surface area contributed by atoms with E-state index >= 15 is 0 Å². The Morgan fingerprint density at radius 3 is 2.56 bits per heavy atom. The zero-order valence-corrected chi connectivity index (χ0v) is 16.1. The van der Waals surface area contributed by atoms with Gasteiger partial charge in [0.05, 0.1) is 18.2 Å². The number of rotatable bonds is 6. The van der Waals surface area contributed by atoms with Gasteiger partial charge in [-0.1, -0.05) is 38.1 Å². The number of hydrogen-bond acceptors (Lipinski definition) is 3. The molecule has 2 aromatic carbocycles. The number of nitrogens with one attached hydrogen (secondary N) is 1. The summed E-state index contributed by atoms with van der Waals surface area (Å²) in [4.78, 5) is 26.8. The smallest absolute Gasteiger partial charge is 0.229 e. The quantitative estimate of drug-likeness (QED) is 0.833. The molecule has 2 aromatic rings. The summed E-state index contributed by atoms with van der Waals surface area (Å²) in [6.07, 6.45) is 0.217. The van der Waals surface area contributed by atoms with Crippen LogP contribution in [-0.2, 0) is 9.59 Å². The fourth-order valence-corrected chi connectivity index (χ4v) is 3.26. The van der Waals surface area contributed by atoms with Crippen molar-refractivity contribution in [3.63, 3.8) is 0 Å². The van der Waals surface area contributed by atoms with Crippen LogP contribution in [0.2, 0.25) is 0 Å². The summed E-state index contributed by atoms with van der Waals surface area (Å²) in [7, 11) is 0. The number of ether oxygens (including phenoxy) is 1. The van der Waals surface area contributed by atoms with Gasteiger partial charge in [0.2, 0.25) is 11.8 Å². The summed E-state index contributed by atoms with van der Waals surface area (Å²) in [5.74, 6) is 0.523.